The monoisotopic (exact) mass is 391 g/mol. The summed E-state index contributed by atoms with van der Waals surface area (Å²) in [7, 11) is -3.57. The average molecular weight is 392 g/mol. The Balaban J connectivity index is 1.64. The van der Waals surface area contributed by atoms with Gasteiger partial charge in [0.1, 0.15) is 0 Å². The summed E-state index contributed by atoms with van der Waals surface area (Å²) in [5, 5.41) is 5.98. The van der Waals surface area contributed by atoms with E-state index in [1.165, 1.54) is 4.31 Å². The van der Waals surface area contributed by atoms with Crippen molar-refractivity contribution >= 4 is 33.5 Å². The van der Waals surface area contributed by atoms with Gasteiger partial charge in [-0.3, -0.25) is 4.79 Å². The third kappa shape index (κ3) is 4.20. The highest BCUT2D eigenvalue weighted by atomic mass is 32.2. The third-order valence-corrected chi connectivity index (χ3v) is 7.23. The van der Waals surface area contributed by atoms with Crippen molar-refractivity contribution < 1.29 is 13.2 Å². The summed E-state index contributed by atoms with van der Waals surface area (Å²) in [4.78, 5) is 13.6. The Morgan fingerprint density at radius 2 is 2.08 bits per heavy atom. The number of nitrogens with one attached hydrogen (secondary N) is 1. The van der Waals surface area contributed by atoms with Crippen LogP contribution in [-0.2, 0) is 14.8 Å². The standard InChI is InChI=1S/C18H21N3O3S2/c1-14-9-11-25-17(14)12-19-20-18(22)15-6-5-10-21(13-15)26(23,24)16-7-3-2-4-8-16/h2-4,7-9,11-12,15H,5-6,10,13H2,1H3,(H,20,22)/b19-12-/t15-/m1/s1. The number of nitrogens with zero attached hydrogens (tertiary/aromatic N) is 2. The fraction of sp³-hybridized carbons (Fsp3) is 0.333. The molecule has 6 nitrogen and oxygen atoms in total. The molecule has 1 aliphatic heterocycles. The maximum Gasteiger partial charge on any atom is 0.244 e. The molecule has 3 rings (SSSR count). The molecule has 2 aromatic rings. The van der Waals surface area contributed by atoms with E-state index in [1.54, 1.807) is 47.9 Å². The Bertz CT molecular complexity index is 891. The van der Waals surface area contributed by atoms with E-state index in [0.29, 0.717) is 19.4 Å². The topological polar surface area (TPSA) is 78.8 Å². The van der Waals surface area contributed by atoms with Gasteiger partial charge in [0.2, 0.25) is 15.9 Å². The van der Waals surface area contributed by atoms with Crippen molar-refractivity contribution in [2.45, 2.75) is 24.7 Å². The molecule has 0 aliphatic carbocycles. The first-order valence-corrected chi connectivity index (χ1v) is 10.7. The molecule has 1 aromatic carbocycles. The number of carbonyl (C=O) groups excluding carboxylic acids is 1. The highest BCUT2D eigenvalue weighted by Crippen LogP contribution is 2.23. The first-order chi connectivity index (χ1) is 12.5. The molecular formula is C18H21N3O3S2. The van der Waals surface area contributed by atoms with Gasteiger partial charge in [0, 0.05) is 18.0 Å². The fourth-order valence-electron chi connectivity index (χ4n) is 2.88. The molecule has 0 spiro atoms. The lowest BCUT2D eigenvalue weighted by atomic mass is 9.99. The van der Waals surface area contributed by atoms with E-state index in [9.17, 15) is 13.2 Å². The van der Waals surface area contributed by atoms with Crippen LogP contribution in [-0.4, -0.2) is 37.9 Å². The van der Waals surface area contributed by atoms with Crippen LogP contribution in [0.25, 0.3) is 0 Å². The van der Waals surface area contributed by atoms with Gasteiger partial charge in [0.15, 0.2) is 0 Å². The molecule has 2 heterocycles. The molecule has 1 fully saturated rings. The van der Waals surface area contributed by atoms with Crippen LogP contribution in [0.3, 0.4) is 0 Å². The SMILES string of the molecule is Cc1ccsc1/C=N\NC(=O)[C@@H]1CCCN(S(=O)(=O)c2ccccc2)C1. The summed E-state index contributed by atoms with van der Waals surface area (Å²) < 4.78 is 26.8. The van der Waals surface area contributed by atoms with Crippen LogP contribution in [0.15, 0.2) is 51.8 Å². The third-order valence-electron chi connectivity index (χ3n) is 4.39. The van der Waals surface area contributed by atoms with Gasteiger partial charge in [-0.1, -0.05) is 18.2 Å². The van der Waals surface area contributed by atoms with Gasteiger partial charge >= 0.3 is 0 Å². The molecule has 0 radical (unpaired) electrons. The van der Waals surface area contributed by atoms with Crippen LogP contribution >= 0.6 is 11.3 Å². The van der Waals surface area contributed by atoms with Crippen molar-refractivity contribution in [1.29, 1.82) is 0 Å². The Morgan fingerprint density at radius 1 is 1.31 bits per heavy atom. The molecule has 0 saturated carbocycles. The van der Waals surface area contributed by atoms with Crippen molar-refractivity contribution in [3.8, 4) is 0 Å². The van der Waals surface area contributed by atoms with Crippen molar-refractivity contribution in [3.05, 3.63) is 52.2 Å². The average Bonchev–Trinajstić information content (AvgIpc) is 3.07. The van der Waals surface area contributed by atoms with E-state index in [1.807, 2.05) is 18.4 Å². The largest absolute Gasteiger partial charge is 0.273 e. The number of amides is 1. The summed E-state index contributed by atoms with van der Waals surface area (Å²) in [5.74, 6) is -0.646. The minimum atomic E-state index is -3.57. The number of piperidine rings is 1. The summed E-state index contributed by atoms with van der Waals surface area (Å²) in [6.45, 7) is 2.59. The van der Waals surface area contributed by atoms with Crippen molar-refractivity contribution in [3.63, 3.8) is 0 Å². The molecule has 138 valence electrons. The smallest absolute Gasteiger partial charge is 0.244 e. The molecule has 0 bridgehead atoms. The Hall–Kier alpha value is -2.03. The first-order valence-electron chi connectivity index (χ1n) is 8.40. The quantitative estimate of drug-likeness (QED) is 0.629. The van der Waals surface area contributed by atoms with Gasteiger partial charge in [-0.2, -0.15) is 9.41 Å². The molecule has 1 saturated heterocycles. The molecule has 1 atom stereocenters. The van der Waals surface area contributed by atoms with Crippen LogP contribution in [0, 0.1) is 12.8 Å². The van der Waals surface area contributed by atoms with Crippen molar-refractivity contribution in [2.24, 2.45) is 11.0 Å². The van der Waals surface area contributed by atoms with Gasteiger partial charge in [0.05, 0.1) is 17.0 Å². The second-order valence-electron chi connectivity index (χ2n) is 6.22. The van der Waals surface area contributed by atoms with Crippen LogP contribution < -0.4 is 5.43 Å². The predicted molar refractivity (Wildman–Crippen MR) is 103 cm³/mol. The number of carbonyl (C=O) groups is 1. The maximum atomic E-state index is 12.7. The van der Waals surface area contributed by atoms with Crippen LogP contribution in [0.1, 0.15) is 23.3 Å². The van der Waals surface area contributed by atoms with E-state index in [0.717, 1.165) is 10.4 Å². The minimum absolute atomic E-state index is 0.177. The van der Waals surface area contributed by atoms with E-state index < -0.39 is 15.9 Å². The lowest BCUT2D eigenvalue weighted by Gasteiger charge is -2.30. The van der Waals surface area contributed by atoms with E-state index in [-0.39, 0.29) is 17.3 Å². The second-order valence-corrected chi connectivity index (χ2v) is 9.10. The van der Waals surface area contributed by atoms with Crippen LogP contribution in [0.5, 0.6) is 0 Å². The molecule has 8 heteroatoms. The molecule has 1 aromatic heterocycles. The molecule has 0 unspecified atom stereocenters. The number of hydrogen-bond donors (Lipinski definition) is 1. The van der Waals surface area contributed by atoms with Crippen LogP contribution in [0.4, 0.5) is 0 Å². The number of benzene rings is 1. The lowest BCUT2D eigenvalue weighted by Crippen LogP contribution is -2.44. The molecule has 1 N–H and O–H groups in total. The number of hydrogen-bond acceptors (Lipinski definition) is 5. The van der Waals surface area contributed by atoms with Crippen molar-refractivity contribution in [2.75, 3.05) is 13.1 Å². The zero-order valence-electron chi connectivity index (χ0n) is 14.5. The summed E-state index contributed by atoms with van der Waals surface area (Å²) >= 11 is 1.55. The molecular weight excluding hydrogens is 370 g/mol. The van der Waals surface area contributed by atoms with Gasteiger partial charge in [-0.05, 0) is 48.9 Å². The predicted octanol–water partition coefficient (Wildman–Crippen LogP) is 2.61. The molecule has 1 amide bonds. The summed E-state index contributed by atoms with van der Waals surface area (Å²) in [5.41, 5.74) is 3.65. The summed E-state index contributed by atoms with van der Waals surface area (Å²) in [6.07, 6.45) is 2.93. The fourth-order valence-corrected chi connectivity index (χ4v) is 5.21. The zero-order valence-corrected chi connectivity index (χ0v) is 16.1. The maximum absolute atomic E-state index is 12.7. The van der Waals surface area contributed by atoms with Gasteiger partial charge in [-0.25, -0.2) is 13.8 Å². The van der Waals surface area contributed by atoms with E-state index in [4.69, 9.17) is 0 Å². The number of hydrazone groups is 1. The van der Waals surface area contributed by atoms with E-state index in [2.05, 4.69) is 10.5 Å². The first kappa shape index (κ1) is 18.8. The van der Waals surface area contributed by atoms with Gasteiger partial charge in [0.25, 0.3) is 0 Å². The highest BCUT2D eigenvalue weighted by molar-refractivity contribution is 7.89. The number of aryl methyl sites for hydroxylation is 1. The number of rotatable bonds is 5. The molecule has 1 aliphatic rings. The van der Waals surface area contributed by atoms with Crippen molar-refractivity contribution in [1.82, 2.24) is 9.73 Å². The molecule has 26 heavy (non-hydrogen) atoms. The lowest BCUT2D eigenvalue weighted by molar-refractivity contribution is -0.126. The second kappa shape index (κ2) is 8.11. The Morgan fingerprint density at radius 3 is 2.77 bits per heavy atom. The Labute approximate surface area is 157 Å². The van der Waals surface area contributed by atoms with Gasteiger partial charge in [-0.15, -0.1) is 11.3 Å². The Kier molecular flexibility index (Phi) is 5.85. The van der Waals surface area contributed by atoms with Crippen LogP contribution in [0.2, 0.25) is 0 Å². The van der Waals surface area contributed by atoms with E-state index >= 15 is 0 Å². The number of thiophene rings is 1. The normalized spacial score (nSPS) is 18.9. The zero-order chi connectivity index (χ0) is 18.6. The van der Waals surface area contributed by atoms with Gasteiger partial charge < -0.3 is 0 Å². The minimum Gasteiger partial charge on any atom is -0.273 e. The number of sulfonamides is 1. The highest BCUT2D eigenvalue weighted by Gasteiger charge is 2.33. The summed E-state index contributed by atoms with van der Waals surface area (Å²) in [6, 6.07) is 10.3.